The van der Waals surface area contributed by atoms with E-state index in [1.165, 1.54) is 0 Å². The number of likely N-dealkylation sites (tertiary alicyclic amines) is 1. The Bertz CT molecular complexity index is 508. The van der Waals surface area contributed by atoms with Crippen LogP contribution in [-0.2, 0) is 5.41 Å². The average Bonchev–Trinajstić information content (AvgIpc) is 2.47. The minimum absolute atomic E-state index is 0.111. The first-order valence-electron chi connectivity index (χ1n) is 7.84. The summed E-state index contributed by atoms with van der Waals surface area (Å²) in [6.07, 6.45) is 4.78. The van der Waals surface area contributed by atoms with Gasteiger partial charge < -0.3 is 15.3 Å². The maximum atomic E-state index is 12.3. The number of aliphatic hydroxyl groups is 1. The normalized spacial score (nSPS) is 20.6. The van der Waals surface area contributed by atoms with Gasteiger partial charge in [0, 0.05) is 24.4 Å². The van der Waals surface area contributed by atoms with Gasteiger partial charge in [-0.15, -0.1) is 0 Å². The number of amides is 2. The molecule has 0 saturated carbocycles. The van der Waals surface area contributed by atoms with Crippen LogP contribution in [0.3, 0.4) is 0 Å². The molecule has 1 aliphatic rings. The predicted molar refractivity (Wildman–Crippen MR) is 85.7 cm³/mol. The molecule has 0 spiro atoms. The molecule has 0 aromatic carbocycles. The molecule has 122 valence electrons. The Balaban J connectivity index is 1.97. The van der Waals surface area contributed by atoms with Crippen molar-refractivity contribution in [3.05, 3.63) is 18.2 Å². The molecule has 2 rings (SSSR count). The fraction of sp³-hybridized carbons (Fsp3) is 0.688. The number of hydrogen-bond donors (Lipinski definition) is 2. The lowest BCUT2D eigenvalue weighted by molar-refractivity contribution is 0.0766. The van der Waals surface area contributed by atoms with Crippen LogP contribution in [-0.4, -0.2) is 45.2 Å². The van der Waals surface area contributed by atoms with Gasteiger partial charge in [-0.3, -0.25) is 0 Å². The second-order valence-corrected chi connectivity index (χ2v) is 7.06. The number of nitrogens with one attached hydrogen (secondary N) is 1. The maximum absolute atomic E-state index is 12.3. The summed E-state index contributed by atoms with van der Waals surface area (Å²) in [7, 11) is 0. The molecule has 2 amide bonds. The van der Waals surface area contributed by atoms with Crippen LogP contribution in [0.15, 0.2) is 12.4 Å². The molecule has 6 nitrogen and oxygen atoms in total. The van der Waals surface area contributed by atoms with Crippen molar-refractivity contribution in [2.45, 2.75) is 52.1 Å². The molecule has 1 aliphatic heterocycles. The molecular formula is C16H26N4O2. The van der Waals surface area contributed by atoms with Crippen molar-refractivity contribution in [1.82, 2.24) is 14.9 Å². The molecule has 1 saturated heterocycles. The zero-order valence-corrected chi connectivity index (χ0v) is 13.8. The quantitative estimate of drug-likeness (QED) is 0.879. The molecule has 2 atom stereocenters. The van der Waals surface area contributed by atoms with Crippen LogP contribution in [0, 0.1) is 5.92 Å². The predicted octanol–water partition coefficient (Wildman–Crippen LogP) is 2.40. The first kappa shape index (κ1) is 16.7. The highest BCUT2D eigenvalue weighted by Gasteiger charge is 2.26. The lowest BCUT2D eigenvalue weighted by Gasteiger charge is -2.34. The van der Waals surface area contributed by atoms with E-state index in [2.05, 4.69) is 15.3 Å². The number of hydrogen-bond acceptors (Lipinski definition) is 4. The lowest BCUT2D eigenvalue weighted by atomic mass is 9.94. The summed E-state index contributed by atoms with van der Waals surface area (Å²) in [6, 6.07) is -0.155. The van der Waals surface area contributed by atoms with Gasteiger partial charge in [-0.25, -0.2) is 14.8 Å². The van der Waals surface area contributed by atoms with Crippen LogP contribution < -0.4 is 5.32 Å². The van der Waals surface area contributed by atoms with Crippen LogP contribution >= 0.6 is 0 Å². The minimum Gasteiger partial charge on any atom is -0.393 e. The van der Waals surface area contributed by atoms with Crippen molar-refractivity contribution < 1.29 is 9.90 Å². The highest BCUT2D eigenvalue weighted by molar-refractivity contribution is 5.89. The average molecular weight is 306 g/mol. The fourth-order valence-electron chi connectivity index (χ4n) is 2.57. The number of piperidine rings is 1. The van der Waals surface area contributed by atoms with Crippen molar-refractivity contribution in [2.24, 2.45) is 5.92 Å². The van der Waals surface area contributed by atoms with Crippen LogP contribution in [0.5, 0.6) is 0 Å². The van der Waals surface area contributed by atoms with E-state index in [0.717, 1.165) is 25.2 Å². The molecule has 1 aromatic rings. The lowest BCUT2D eigenvalue weighted by Crippen LogP contribution is -2.44. The summed E-state index contributed by atoms with van der Waals surface area (Å²) in [5.41, 5.74) is 0.483. The summed E-state index contributed by atoms with van der Waals surface area (Å²) in [4.78, 5) is 22.7. The van der Waals surface area contributed by atoms with Crippen molar-refractivity contribution in [1.29, 1.82) is 0 Å². The first-order chi connectivity index (χ1) is 10.3. The number of carbonyl (C=O) groups is 1. The maximum Gasteiger partial charge on any atom is 0.321 e. The molecule has 6 heteroatoms. The Kier molecular flexibility index (Phi) is 5.01. The molecule has 0 bridgehead atoms. The van der Waals surface area contributed by atoms with E-state index in [-0.39, 0.29) is 23.5 Å². The number of aliphatic hydroxyl groups excluding tert-OH is 1. The zero-order valence-electron chi connectivity index (χ0n) is 13.8. The molecule has 1 fully saturated rings. The van der Waals surface area contributed by atoms with E-state index in [4.69, 9.17) is 0 Å². The summed E-state index contributed by atoms with van der Waals surface area (Å²) < 4.78 is 0. The van der Waals surface area contributed by atoms with Crippen molar-refractivity contribution >= 4 is 11.7 Å². The van der Waals surface area contributed by atoms with Gasteiger partial charge in [0.2, 0.25) is 0 Å². The van der Waals surface area contributed by atoms with Gasteiger partial charge in [0.1, 0.15) is 5.82 Å². The Hall–Kier alpha value is -1.69. The third kappa shape index (κ3) is 4.16. The van der Waals surface area contributed by atoms with Crippen molar-refractivity contribution in [2.75, 3.05) is 18.4 Å². The van der Waals surface area contributed by atoms with Crippen LogP contribution in [0.2, 0.25) is 0 Å². The monoisotopic (exact) mass is 306 g/mol. The molecule has 2 unspecified atom stereocenters. The second kappa shape index (κ2) is 6.60. The summed E-state index contributed by atoms with van der Waals surface area (Å²) in [5.74, 6) is 0.900. The largest absolute Gasteiger partial charge is 0.393 e. The Morgan fingerprint density at radius 1 is 1.41 bits per heavy atom. The van der Waals surface area contributed by atoms with Gasteiger partial charge in [0.15, 0.2) is 0 Å². The van der Waals surface area contributed by atoms with Gasteiger partial charge in [0.25, 0.3) is 0 Å². The molecule has 2 N–H and O–H groups in total. The second-order valence-electron chi connectivity index (χ2n) is 7.06. The number of carbonyl (C=O) groups excluding carboxylic acids is 1. The smallest absolute Gasteiger partial charge is 0.321 e. The SMILES string of the molecule is CC(O)C1CCCN(C(=O)Nc2cnc(C(C)(C)C)nc2)C1. The van der Waals surface area contributed by atoms with E-state index in [9.17, 15) is 9.90 Å². The van der Waals surface area contributed by atoms with E-state index in [1.54, 1.807) is 24.2 Å². The molecule has 0 radical (unpaired) electrons. The zero-order chi connectivity index (χ0) is 16.3. The highest BCUT2D eigenvalue weighted by atomic mass is 16.3. The third-order valence-electron chi connectivity index (χ3n) is 4.00. The van der Waals surface area contributed by atoms with E-state index in [0.29, 0.717) is 12.2 Å². The van der Waals surface area contributed by atoms with Gasteiger partial charge >= 0.3 is 6.03 Å². The molecule has 22 heavy (non-hydrogen) atoms. The number of nitrogens with zero attached hydrogens (tertiary/aromatic N) is 3. The topological polar surface area (TPSA) is 78.4 Å². The fourth-order valence-corrected chi connectivity index (χ4v) is 2.57. The number of aromatic nitrogens is 2. The molecule has 0 aliphatic carbocycles. The number of urea groups is 1. The van der Waals surface area contributed by atoms with Crippen molar-refractivity contribution in [3.63, 3.8) is 0 Å². The minimum atomic E-state index is -0.384. The van der Waals surface area contributed by atoms with Gasteiger partial charge in [-0.1, -0.05) is 20.8 Å². The van der Waals surface area contributed by atoms with Gasteiger partial charge in [-0.2, -0.15) is 0 Å². The number of anilines is 1. The highest BCUT2D eigenvalue weighted by Crippen LogP contribution is 2.21. The Morgan fingerprint density at radius 3 is 2.59 bits per heavy atom. The summed E-state index contributed by atoms with van der Waals surface area (Å²) >= 11 is 0. The number of rotatable bonds is 2. The van der Waals surface area contributed by atoms with Crippen LogP contribution in [0.25, 0.3) is 0 Å². The third-order valence-corrected chi connectivity index (χ3v) is 4.00. The summed E-state index contributed by atoms with van der Waals surface area (Å²) in [5, 5.41) is 12.5. The molecule has 2 heterocycles. The van der Waals surface area contributed by atoms with Crippen LogP contribution in [0.4, 0.5) is 10.5 Å². The van der Waals surface area contributed by atoms with Gasteiger partial charge in [0.05, 0.1) is 24.2 Å². The first-order valence-corrected chi connectivity index (χ1v) is 7.84. The Morgan fingerprint density at radius 2 is 2.05 bits per heavy atom. The standard InChI is InChI=1S/C16H26N4O2/c1-11(21)12-6-5-7-20(10-12)15(22)19-13-8-17-14(18-9-13)16(2,3)4/h8-9,11-12,21H,5-7,10H2,1-4H3,(H,19,22). The Labute approximate surface area is 132 Å². The van der Waals surface area contributed by atoms with E-state index < -0.39 is 0 Å². The van der Waals surface area contributed by atoms with E-state index >= 15 is 0 Å². The van der Waals surface area contributed by atoms with E-state index in [1.807, 2.05) is 20.8 Å². The van der Waals surface area contributed by atoms with Crippen LogP contribution in [0.1, 0.15) is 46.4 Å². The molecule has 1 aromatic heterocycles. The summed E-state index contributed by atoms with van der Waals surface area (Å²) in [6.45, 7) is 9.23. The molecular weight excluding hydrogens is 280 g/mol. The van der Waals surface area contributed by atoms with Crippen molar-refractivity contribution in [3.8, 4) is 0 Å². The van der Waals surface area contributed by atoms with Gasteiger partial charge in [-0.05, 0) is 19.8 Å².